The number of hydrogen-bond acceptors (Lipinski definition) is 6. The highest BCUT2D eigenvalue weighted by Crippen LogP contribution is 2.32. The maximum Gasteiger partial charge on any atom is 0.416 e. The van der Waals surface area contributed by atoms with Gasteiger partial charge in [-0.15, -0.1) is 5.10 Å². The van der Waals surface area contributed by atoms with E-state index in [-0.39, 0.29) is 11.7 Å². The van der Waals surface area contributed by atoms with Crippen molar-refractivity contribution in [1.82, 2.24) is 20.2 Å². The standard InChI is InChI=1S/C21H18F3N5O/c22-21(23,24)17-7-1-4-14(10-17)18-12-26-28-20(27-18)29-9-3-6-16(13-29)19(30)15-5-2-8-25-11-15/h1-2,4-5,7-8,10-12,16H,3,6,9,13H2. The highest BCUT2D eigenvalue weighted by molar-refractivity contribution is 5.98. The molecule has 30 heavy (non-hydrogen) atoms. The Hall–Kier alpha value is -3.36. The summed E-state index contributed by atoms with van der Waals surface area (Å²) in [5.41, 5.74) is 0.411. The molecule has 1 aliphatic rings. The predicted octanol–water partition coefficient (Wildman–Crippen LogP) is 4.05. The molecule has 6 nitrogen and oxygen atoms in total. The van der Waals surface area contributed by atoms with Crippen LogP contribution in [0.3, 0.4) is 0 Å². The first-order valence-electron chi connectivity index (χ1n) is 9.48. The smallest absolute Gasteiger partial charge is 0.339 e. The van der Waals surface area contributed by atoms with Crippen LogP contribution in [0.4, 0.5) is 19.1 Å². The number of carbonyl (C=O) groups is 1. The predicted molar refractivity (Wildman–Crippen MR) is 104 cm³/mol. The molecule has 0 spiro atoms. The SMILES string of the molecule is O=C(c1cccnc1)C1CCCN(c2nncc(-c3cccc(C(F)(F)F)c3)n2)C1. The van der Waals surface area contributed by atoms with Crippen molar-refractivity contribution in [3.8, 4) is 11.3 Å². The molecule has 4 rings (SSSR count). The minimum Gasteiger partial charge on any atom is -0.339 e. The molecule has 1 atom stereocenters. The lowest BCUT2D eigenvalue weighted by Gasteiger charge is -2.31. The van der Waals surface area contributed by atoms with E-state index >= 15 is 0 Å². The Morgan fingerprint density at radius 2 is 2.00 bits per heavy atom. The second-order valence-electron chi connectivity index (χ2n) is 7.11. The highest BCUT2D eigenvalue weighted by Gasteiger charge is 2.31. The van der Waals surface area contributed by atoms with E-state index in [9.17, 15) is 18.0 Å². The fraction of sp³-hybridized carbons (Fsp3) is 0.286. The number of aromatic nitrogens is 4. The van der Waals surface area contributed by atoms with Crippen molar-refractivity contribution in [2.45, 2.75) is 19.0 Å². The molecule has 0 N–H and O–H groups in total. The van der Waals surface area contributed by atoms with Crippen molar-refractivity contribution in [2.24, 2.45) is 5.92 Å². The molecule has 2 aromatic heterocycles. The van der Waals surface area contributed by atoms with Gasteiger partial charge in [-0.1, -0.05) is 12.1 Å². The lowest BCUT2D eigenvalue weighted by atomic mass is 9.91. The van der Waals surface area contributed by atoms with E-state index in [1.165, 1.54) is 12.3 Å². The van der Waals surface area contributed by atoms with Crippen molar-refractivity contribution < 1.29 is 18.0 Å². The van der Waals surface area contributed by atoms with Gasteiger partial charge in [0.05, 0.1) is 17.5 Å². The van der Waals surface area contributed by atoms with E-state index in [0.717, 1.165) is 25.0 Å². The van der Waals surface area contributed by atoms with Crippen LogP contribution in [0.25, 0.3) is 11.3 Å². The van der Waals surface area contributed by atoms with Gasteiger partial charge in [0.1, 0.15) is 0 Å². The normalized spacial score (nSPS) is 17.0. The summed E-state index contributed by atoms with van der Waals surface area (Å²) in [6, 6.07) is 8.40. The van der Waals surface area contributed by atoms with E-state index < -0.39 is 11.7 Å². The molecular weight excluding hydrogens is 395 g/mol. The van der Waals surface area contributed by atoms with E-state index in [0.29, 0.717) is 35.9 Å². The monoisotopic (exact) mass is 413 g/mol. The molecule has 0 radical (unpaired) electrons. The average Bonchev–Trinajstić information content (AvgIpc) is 2.79. The third-order valence-corrected chi connectivity index (χ3v) is 5.05. The van der Waals surface area contributed by atoms with Gasteiger partial charge in [-0.2, -0.15) is 18.3 Å². The molecule has 0 bridgehead atoms. The fourth-order valence-corrected chi connectivity index (χ4v) is 3.54. The lowest BCUT2D eigenvalue weighted by molar-refractivity contribution is -0.137. The quantitative estimate of drug-likeness (QED) is 0.601. The number of nitrogens with zero attached hydrogens (tertiary/aromatic N) is 5. The van der Waals surface area contributed by atoms with Crippen molar-refractivity contribution in [3.63, 3.8) is 0 Å². The number of hydrogen-bond donors (Lipinski definition) is 0. The van der Waals surface area contributed by atoms with Gasteiger partial charge < -0.3 is 4.90 Å². The van der Waals surface area contributed by atoms with Crippen molar-refractivity contribution in [2.75, 3.05) is 18.0 Å². The number of Topliss-reactive ketones (excluding diaryl/α,β-unsaturated/α-hetero) is 1. The first-order chi connectivity index (χ1) is 14.4. The molecule has 1 aliphatic heterocycles. The van der Waals surface area contributed by atoms with Crippen LogP contribution in [-0.2, 0) is 6.18 Å². The van der Waals surface area contributed by atoms with Gasteiger partial charge in [0.2, 0.25) is 5.95 Å². The summed E-state index contributed by atoms with van der Waals surface area (Å²) in [5.74, 6) is 0.0761. The number of benzene rings is 1. The molecule has 0 saturated carbocycles. The molecule has 1 fully saturated rings. The van der Waals surface area contributed by atoms with Crippen LogP contribution in [0.2, 0.25) is 0 Å². The maximum absolute atomic E-state index is 13.0. The van der Waals surface area contributed by atoms with Crippen LogP contribution in [-0.4, -0.2) is 39.0 Å². The molecule has 3 heterocycles. The molecular formula is C21H18F3N5O. The number of ketones is 1. The Labute approximate surface area is 170 Å². The Morgan fingerprint density at radius 1 is 1.13 bits per heavy atom. The van der Waals surface area contributed by atoms with Gasteiger partial charge in [0.25, 0.3) is 0 Å². The lowest BCUT2D eigenvalue weighted by Crippen LogP contribution is -2.39. The molecule has 3 aromatic rings. The highest BCUT2D eigenvalue weighted by atomic mass is 19.4. The maximum atomic E-state index is 13.0. The molecule has 154 valence electrons. The Morgan fingerprint density at radius 3 is 2.77 bits per heavy atom. The van der Waals surface area contributed by atoms with Gasteiger partial charge in [0.15, 0.2) is 5.78 Å². The molecule has 1 unspecified atom stereocenters. The summed E-state index contributed by atoms with van der Waals surface area (Å²) in [7, 11) is 0. The zero-order valence-electron chi connectivity index (χ0n) is 15.9. The summed E-state index contributed by atoms with van der Waals surface area (Å²) < 4.78 is 39.1. The van der Waals surface area contributed by atoms with E-state index in [1.54, 1.807) is 30.6 Å². The van der Waals surface area contributed by atoms with Gasteiger partial charge in [0, 0.05) is 42.5 Å². The number of piperidine rings is 1. The van der Waals surface area contributed by atoms with Crippen LogP contribution < -0.4 is 4.90 Å². The molecule has 1 saturated heterocycles. The third-order valence-electron chi connectivity index (χ3n) is 5.05. The van der Waals surface area contributed by atoms with Gasteiger partial charge in [-0.3, -0.25) is 9.78 Å². The van der Waals surface area contributed by atoms with Crippen LogP contribution in [0.5, 0.6) is 0 Å². The number of anilines is 1. The molecule has 0 aliphatic carbocycles. The van der Waals surface area contributed by atoms with E-state index in [2.05, 4.69) is 20.2 Å². The number of rotatable bonds is 4. The number of pyridine rings is 1. The zero-order chi connectivity index (χ0) is 21.1. The van der Waals surface area contributed by atoms with Gasteiger partial charge >= 0.3 is 6.18 Å². The third kappa shape index (κ3) is 4.29. The van der Waals surface area contributed by atoms with Crippen LogP contribution >= 0.6 is 0 Å². The number of alkyl halides is 3. The van der Waals surface area contributed by atoms with Crippen LogP contribution in [0.15, 0.2) is 55.0 Å². The number of carbonyl (C=O) groups excluding carboxylic acids is 1. The molecule has 0 amide bonds. The fourth-order valence-electron chi connectivity index (χ4n) is 3.54. The summed E-state index contributed by atoms with van der Waals surface area (Å²) in [6.07, 6.45) is 1.57. The van der Waals surface area contributed by atoms with Gasteiger partial charge in [-0.05, 0) is 37.1 Å². The van der Waals surface area contributed by atoms with Crippen molar-refractivity contribution in [3.05, 3.63) is 66.1 Å². The minimum absolute atomic E-state index is 0.00907. The Balaban J connectivity index is 1.56. The first kappa shape index (κ1) is 19.9. The first-order valence-corrected chi connectivity index (χ1v) is 9.48. The van der Waals surface area contributed by atoms with E-state index in [1.807, 2.05) is 4.90 Å². The van der Waals surface area contributed by atoms with Crippen molar-refractivity contribution in [1.29, 1.82) is 0 Å². The summed E-state index contributed by atoms with van der Waals surface area (Å²) in [4.78, 5) is 23.0. The molecule has 1 aromatic carbocycles. The average molecular weight is 413 g/mol. The summed E-state index contributed by atoms with van der Waals surface area (Å²) in [6.45, 7) is 1.06. The second-order valence-corrected chi connectivity index (χ2v) is 7.11. The second kappa shape index (κ2) is 8.17. The molecule has 9 heteroatoms. The summed E-state index contributed by atoms with van der Waals surface area (Å²) >= 11 is 0. The van der Waals surface area contributed by atoms with Crippen LogP contribution in [0.1, 0.15) is 28.8 Å². The topological polar surface area (TPSA) is 71.9 Å². The summed E-state index contributed by atoms with van der Waals surface area (Å²) in [5, 5.41) is 7.97. The Kier molecular flexibility index (Phi) is 5.43. The number of halogens is 3. The van der Waals surface area contributed by atoms with E-state index in [4.69, 9.17) is 0 Å². The van der Waals surface area contributed by atoms with Gasteiger partial charge in [-0.25, -0.2) is 4.98 Å². The van der Waals surface area contributed by atoms with Crippen molar-refractivity contribution >= 4 is 11.7 Å². The van der Waals surface area contributed by atoms with Crippen LogP contribution in [0, 0.1) is 5.92 Å². The Bertz CT molecular complexity index is 1040. The minimum atomic E-state index is -4.44. The largest absolute Gasteiger partial charge is 0.416 e. The zero-order valence-corrected chi connectivity index (χ0v) is 15.9.